The van der Waals surface area contributed by atoms with Crippen LogP contribution >= 0.6 is 0 Å². The van der Waals surface area contributed by atoms with Crippen molar-refractivity contribution in [2.24, 2.45) is 5.92 Å². The van der Waals surface area contributed by atoms with Gasteiger partial charge in [-0.3, -0.25) is 4.79 Å². The first-order chi connectivity index (χ1) is 7.21. The zero-order valence-electron chi connectivity index (χ0n) is 8.85. The molecule has 0 amide bonds. The molecular formula is C12H16O3. The van der Waals surface area contributed by atoms with Crippen molar-refractivity contribution in [2.75, 3.05) is 6.61 Å². The molecule has 3 heteroatoms. The Kier molecular flexibility index (Phi) is 2.76. The van der Waals surface area contributed by atoms with Gasteiger partial charge in [-0.2, -0.15) is 0 Å². The van der Waals surface area contributed by atoms with E-state index in [9.17, 15) is 4.79 Å². The normalized spacial score (nSPS) is 39.2. The lowest BCUT2D eigenvalue weighted by atomic mass is 9.86. The number of aliphatic hydroxyl groups excluding tert-OH is 1. The summed E-state index contributed by atoms with van der Waals surface area (Å²) in [5.74, 6) is 0.278. The van der Waals surface area contributed by atoms with Crippen molar-refractivity contribution in [3.05, 3.63) is 24.3 Å². The van der Waals surface area contributed by atoms with E-state index in [0.29, 0.717) is 6.42 Å². The maximum atomic E-state index is 11.8. The van der Waals surface area contributed by atoms with Crippen LogP contribution in [0.5, 0.6) is 0 Å². The smallest absolute Gasteiger partial charge is 0.142 e. The SMILES string of the molecule is CCC1C(=O)C[C@]2(/C=C/CO)C=C[C@H]1O2. The van der Waals surface area contributed by atoms with Crippen molar-refractivity contribution in [3.63, 3.8) is 0 Å². The molecule has 0 aromatic carbocycles. The predicted molar refractivity (Wildman–Crippen MR) is 56.4 cm³/mol. The maximum Gasteiger partial charge on any atom is 0.142 e. The first kappa shape index (κ1) is 10.6. The quantitative estimate of drug-likeness (QED) is 0.709. The summed E-state index contributed by atoms with van der Waals surface area (Å²) < 4.78 is 5.83. The molecule has 0 saturated carbocycles. The van der Waals surface area contributed by atoms with E-state index in [1.54, 1.807) is 12.2 Å². The Balaban J connectivity index is 2.19. The summed E-state index contributed by atoms with van der Waals surface area (Å²) >= 11 is 0. The third-order valence-corrected chi connectivity index (χ3v) is 3.13. The van der Waals surface area contributed by atoms with Crippen molar-refractivity contribution in [3.8, 4) is 0 Å². The molecule has 0 aromatic rings. The molecule has 1 fully saturated rings. The van der Waals surface area contributed by atoms with Crippen LogP contribution in [-0.4, -0.2) is 29.2 Å². The molecule has 2 aliphatic rings. The zero-order chi connectivity index (χ0) is 10.9. The average Bonchev–Trinajstić information content (AvgIpc) is 2.56. The number of carbonyl (C=O) groups is 1. The average molecular weight is 208 g/mol. The Bertz CT molecular complexity index is 319. The topological polar surface area (TPSA) is 46.5 Å². The first-order valence-corrected chi connectivity index (χ1v) is 5.39. The summed E-state index contributed by atoms with van der Waals surface area (Å²) in [6, 6.07) is 0. The summed E-state index contributed by atoms with van der Waals surface area (Å²) in [6.07, 6.45) is 8.49. The van der Waals surface area contributed by atoms with Crippen LogP contribution in [0.1, 0.15) is 19.8 Å². The molecule has 0 spiro atoms. The maximum absolute atomic E-state index is 11.8. The summed E-state index contributed by atoms with van der Waals surface area (Å²) in [4.78, 5) is 11.8. The van der Waals surface area contributed by atoms with Gasteiger partial charge in [0.15, 0.2) is 0 Å². The van der Waals surface area contributed by atoms with Gasteiger partial charge in [-0.25, -0.2) is 0 Å². The zero-order valence-corrected chi connectivity index (χ0v) is 8.85. The van der Waals surface area contributed by atoms with Crippen molar-refractivity contribution >= 4 is 5.78 Å². The second-order valence-electron chi connectivity index (χ2n) is 4.14. The van der Waals surface area contributed by atoms with Gasteiger partial charge in [0.25, 0.3) is 0 Å². The van der Waals surface area contributed by atoms with Gasteiger partial charge in [0.1, 0.15) is 11.4 Å². The van der Waals surface area contributed by atoms with E-state index in [0.717, 1.165) is 6.42 Å². The van der Waals surface area contributed by atoms with Crippen LogP contribution in [0.2, 0.25) is 0 Å². The molecule has 82 valence electrons. The highest BCUT2D eigenvalue weighted by Gasteiger charge is 2.45. The standard InChI is InChI=1S/C12H16O3/c1-2-9-10(14)8-12(5-3-7-13)6-4-11(9)15-12/h3-6,9,11,13H,2,7-8H2,1H3/b5-3+/t9?,11-,12+/m1/s1. The predicted octanol–water partition coefficient (Wildman–Crippen LogP) is 1.23. The lowest BCUT2D eigenvalue weighted by Gasteiger charge is -2.34. The van der Waals surface area contributed by atoms with Crippen molar-refractivity contribution in [1.82, 2.24) is 0 Å². The fourth-order valence-electron chi connectivity index (χ4n) is 2.36. The van der Waals surface area contributed by atoms with Gasteiger partial charge in [0, 0.05) is 12.3 Å². The number of hydrogen-bond donors (Lipinski definition) is 1. The van der Waals surface area contributed by atoms with Gasteiger partial charge in [0.2, 0.25) is 0 Å². The van der Waals surface area contributed by atoms with Crippen molar-refractivity contribution in [2.45, 2.75) is 31.5 Å². The number of ether oxygens (including phenoxy) is 1. The minimum atomic E-state index is -0.573. The Morgan fingerprint density at radius 2 is 2.53 bits per heavy atom. The highest BCUT2D eigenvalue weighted by Crippen LogP contribution is 2.39. The van der Waals surface area contributed by atoms with Crippen LogP contribution in [0.15, 0.2) is 24.3 Å². The lowest BCUT2D eigenvalue weighted by molar-refractivity contribution is -0.142. The number of rotatable bonds is 3. The van der Waals surface area contributed by atoms with E-state index >= 15 is 0 Å². The van der Waals surface area contributed by atoms with Crippen molar-refractivity contribution in [1.29, 1.82) is 0 Å². The Labute approximate surface area is 89.4 Å². The molecule has 2 bridgehead atoms. The minimum absolute atomic E-state index is 0.0133. The molecule has 0 radical (unpaired) electrons. The largest absolute Gasteiger partial charge is 0.392 e. The third kappa shape index (κ3) is 1.77. The molecule has 0 aromatic heterocycles. The van der Waals surface area contributed by atoms with Crippen LogP contribution in [-0.2, 0) is 9.53 Å². The van der Waals surface area contributed by atoms with Crippen molar-refractivity contribution < 1.29 is 14.6 Å². The highest BCUT2D eigenvalue weighted by molar-refractivity contribution is 5.85. The van der Waals surface area contributed by atoms with Gasteiger partial charge in [-0.1, -0.05) is 25.2 Å². The monoisotopic (exact) mass is 208 g/mol. The van der Waals surface area contributed by atoms with Gasteiger partial charge in [-0.15, -0.1) is 0 Å². The number of aliphatic hydroxyl groups is 1. The first-order valence-electron chi connectivity index (χ1n) is 5.39. The van der Waals surface area contributed by atoms with E-state index in [-0.39, 0.29) is 24.4 Å². The molecule has 3 atom stereocenters. The van der Waals surface area contributed by atoms with Crippen LogP contribution in [0.4, 0.5) is 0 Å². The van der Waals surface area contributed by atoms with Crippen LogP contribution in [0.3, 0.4) is 0 Å². The molecule has 1 saturated heterocycles. The molecule has 1 unspecified atom stereocenters. The Hall–Kier alpha value is -0.930. The van der Waals surface area contributed by atoms with E-state index < -0.39 is 5.60 Å². The minimum Gasteiger partial charge on any atom is -0.392 e. The highest BCUT2D eigenvalue weighted by atomic mass is 16.5. The summed E-state index contributed by atoms with van der Waals surface area (Å²) in [5, 5.41) is 8.73. The van der Waals surface area contributed by atoms with Gasteiger partial charge < -0.3 is 9.84 Å². The van der Waals surface area contributed by atoms with E-state index in [2.05, 4.69) is 0 Å². The number of fused-ring (bicyclic) bond motifs is 2. The summed E-state index contributed by atoms with van der Waals surface area (Å²) in [7, 11) is 0. The fraction of sp³-hybridized carbons (Fsp3) is 0.583. The second-order valence-corrected chi connectivity index (χ2v) is 4.14. The molecule has 3 nitrogen and oxygen atoms in total. The lowest BCUT2D eigenvalue weighted by Crippen LogP contribution is -2.42. The molecule has 2 heterocycles. The fourth-order valence-corrected chi connectivity index (χ4v) is 2.36. The third-order valence-electron chi connectivity index (χ3n) is 3.13. The molecule has 2 rings (SSSR count). The van der Waals surface area contributed by atoms with E-state index in [1.165, 1.54) is 0 Å². The number of Topliss-reactive ketones (excluding diaryl/α,β-unsaturated/α-hetero) is 1. The molecule has 0 aliphatic carbocycles. The Morgan fingerprint density at radius 3 is 3.20 bits per heavy atom. The number of hydrogen-bond acceptors (Lipinski definition) is 3. The van der Waals surface area contributed by atoms with E-state index in [1.807, 2.05) is 19.1 Å². The van der Waals surface area contributed by atoms with Crippen LogP contribution < -0.4 is 0 Å². The summed E-state index contributed by atoms with van der Waals surface area (Å²) in [6.45, 7) is 1.99. The summed E-state index contributed by atoms with van der Waals surface area (Å²) in [5.41, 5.74) is -0.573. The van der Waals surface area contributed by atoms with Crippen LogP contribution in [0.25, 0.3) is 0 Å². The molecular weight excluding hydrogens is 192 g/mol. The molecule has 2 aliphatic heterocycles. The molecule has 15 heavy (non-hydrogen) atoms. The van der Waals surface area contributed by atoms with E-state index in [4.69, 9.17) is 9.84 Å². The van der Waals surface area contributed by atoms with Crippen LogP contribution in [0, 0.1) is 5.92 Å². The van der Waals surface area contributed by atoms with Gasteiger partial charge >= 0.3 is 0 Å². The van der Waals surface area contributed by atoms with Gasteiger partial charge in [-0.05, 0) is 12.5 Å². The van der Waals surface area contributed by atoms with Gasteiger partial charge in [0.05, 0.1) is 12.7 Å². The number of ketones is 1. The number of carbonyl (C=O) groups excluding carboxylic acids is 1. The molecule has 1 N–H and O–H groups in total. The Morgan fingerprint density at radius 1 is 1.73 bits per heavy atom. The second kappa shape index (κ2) is 3.91.